The summed E-state index contributed by atoms with van der Waals surface area (Å²) in [4.78, 5) is 58.4. The first-order valence-electron chi connectivity index (χ1n) is 24.4. The number of aromatic nitrogens is 6. The van der Waals surface area contributed by atoms with Gasteiger partial charge in [0, 0.05) is 72.0 Å². The van der Waals surface area contributed by atoms with Gasteiger partial charge in [-0.05, 0) is 95.1 Å². The minimum Gasteiger partial charge on any atom is -0.489 e. The number of nitrogens with one attached hydrogen (secondary N) is 1. The van der Waals surface area contributed by atoms with Crippen LogP contribution in [0.3, 0.4) is 0 Å². The number of carbonyl (C=O) groups is 4. The van der Waals surface area contributed by atoms with Crippen LogP contribution in [0.2, 0.25) is 0 Å². The first-order valence-corrected chi connectivity index (χ1v) is 24.4. The van der Waals surface area contributed by atoms with Crippen molar-refractivity contribution in [1.82, 2.24) is 34.9 Å². The second-order valence-corrected chi connectivity index (χ2v) is 18.4. The topological polar surface area (TPSA) is 167 Å². The third kappa shape index (κ3) is 9.86. The molecule has 24 rings (SSSR count). The predicted octanol–water partition coefficient (Wildman–Crippen LogP) is 6.17. The highest BCUT2D eigenvalue weighted by Crippen LogP contribution is 2.38. The molecule has 16 aliphatic rings. The third-order valence-corrected chi connectivity index (χ3v) is 13.5. The summed E-state index contributed by atoms with van der Waals surface area (Å²) >= 11 is 0. The van der Waals surface area contributed by atoms with Crippen molar-refractivity contribution >= 4 is 34.4 Å². The van der Waals surface area contributed by atoms with E-state index in [0.717, 1.165) is 45.1 Å². The second-order valence-electron chi connectivity index (χ2n) is 18.4. The minimum absolute atomic E-state index is 0.143. The lowest BCUT2D eigenvalue weighted by molar-refractivity contribution is -0.755. The van der Waals surface area contributed by atoms with Crippen molar-refractivity contribution in [3.8, 4) is 23.0 Å². The Balaban J connectivity index is 0.774. The fraction of sp³-hybridized carbons (Fsp3) is 0.250. The van der Waals surface area contributed by atoms with Gasteiger partial charge in [-0.2, -0.15) is 0 Å². The van der Waals surface area contributed by atoms with Gasteiger partial charge >= 0.3 is 0 Å². The summed E-state index contributed by atoms with van der Waals surface area (Å²) in [7, 11) is 3.68. The Morgan fingerprint density at radius 1 is 0.425 bits per heavy atom. The highest BCUT2D eigenvalue weighted by Gasteiger charge is 2.39. The van der Waals surface area contributed by atoms with Gasteiger partial charge in [0.1, 0.15) is 63.4 Å². The number of amides is 4. The van der Waals surface area contributed by atoms with E-state index in [1.165, 1.54) is 9.80 Å². The zero-order valence-electron chi connectivity index (χ0n) is 40.5. The normalized spacial score (nSPS) is 15.9. The van der Waals surface area contributed by atoms with Crippen LogP contribution in [0.5, 0.6) is 23.0 Å². The van der Waals surface area contributed by atoms with E-state index in [0.29, 0.717) is 74.5 Å². The van der Waals surface area contributed by atoms with Crippen LogP contribution in [-0.2, 0) is 66.7 Å². The van der Waals surface area contributed by atoms with Crippen molar-refractivity contribution in [2.24, 2.45) is 14.1 Å². The zero-order chi connectivity index (χ0) is 50.0. The number of ether oxygens (including phenoxy) is 4. The standard InChI is InChI=1S/C56H53N9O8/c1-60-41-31-62(58-60)25-3-27-64-53(66)47-21-23-49-52-50(24-22-48(51(47)52)54(64)67)56(69)65(55(49)68)28-4-26-63-32-42(61(2)59-63)36-73-46-19-11-40(12-20-46)34-71-44-15-7-38(8-16-44)30-57-29-37-5-13-43(14-6-37)70-33-39-9-17-45(18-10-39)72-35-41/h5-24,31-32,57H,3-4,25-30,33-36H2,1-2H3/q+2. The Labute approximate surface area is 420 Å². The molecule has 0 radical (unpaired) electrons. The smallest absolute Gasteiger partial charge is 0.261 e. The summed E-state index contributed by atoms with van der Waals surface area (Å²) in [6.07, 6.45) is 4.66. The Kier molecular flexibility index (Phi) is 12.9. The Morgan fingerprint density at radius 3 is 1.08 bits per heavy atom. The van der Waals surface area contributed by atoms with E-state index >= 15 is 0 Å². The maximum atomic E-state index is 14.0. The molecule has 17 nitrogen and oxygen atoms in total. The summed E-state index contributed by atoms with van der Waals surface area (Å²) in [5, 5.41) is 13.4. The first-order chi connectivity index (χ1) is 35.6. The summed E-state index contributed by atoms with van der Waals surface area (Å²) in [6, 6.07) is 38.1. The van der Waals surface area contributed by atoms with E-state index < -0.39 is 23.6 Å². The summed E-state index contributed by atoms with van der Waals surface area (Å²) in [5.41, 5.74) is 7.10. The number of rotatable bonds is 0. The molecule has 0 saturated carbocycles. The fourth-order valence-electron chi connectivity index (χ4n) is 9.43. The lowest BCUT2D eigenvalue weighted by Gasteiger charge is -2.31. The zero-order valence-corrected chi connectivity index (χ0v) is 40.5. The molecule has 8 aromatic rings. The lowest BCUT2D eigenvalue weighted by atomic mass is 9.86. The van der Waals surface area contributed by atoms with Gasteiger partial charge < -0.3 is 24.3 Å². The molecule has 73 heavy (non-hydrogen) atoms. The molecule has 368 valence electrons. The molecule has 2 aromatic heterocycles. The average molecular weight is 980 g/mol. The van der Waals surface area contributed by atoms with E-state index in [1.807, 2.05) is 99.3 Å². The van der Waals surface area contributed by atoms with Crippen molar-refractivity contribution in [1.29, 1.82) is 0 Å². The SMILES string of the molecule is Cn1n[n+]2cc1COc1ccc(cc1)COc1ccc(cc1)CNCc1ccc(cc1)OCc1ccc(cc1)OCc1c[n+](nn1C)CCCN1C(=O)c3ccc4c5c(ccc(c35)C1=O)C(=O)N(CCC2)C4=O. The lowest BCUT2D eigenvalue weighted by Crippen LogP contribution is -2.45. The van der Waals surface area contributed by atoms with Crippen molar-refractivity contribution in [2.75, 3.05) is 13.1 Å². The number of nitrogens with zero attached hydrogens (tertiary/aromatic N) is 8. The molecule has 17 heteroatoms. The van der Waals surface area contributed by atoms with Gasteiger partial charge in [0.05, 0.1) is 10.4 Å². The van der Waals surface area contributed by atoms with E-state index in [1.54, 1.807) is 43.0 Å². The van der Waals surface area contributed by atoms with Crippen LogP contribution in [0.15, 0.2) is 134 Å². The molecular formula is C56H53N9O8+2. The van der Waals surface area contributed by atoms with Crippen LogP contribution in [0.1, 0.15) is 87.9 Å². The van der Waals surface area contributed by atoms with Gasteiger partial charge in [-0.25, -0.2) is 0 Å². The average Bonchev–Trinajstić information content (AvgIpc) is 3.96. The van der Waals surface area contributed by atoms with E-state index in [2.05, 4.69) is 40.0 Å². The van der Waals surface area contributed by atoms with E-state index in [4.69, 9.17) is 18.9 Å². The van der Waals surface area contributed by atoms with Crippen molar-refractivity contribution in [2.45, 2.75) is 65.4 Å². The molecule has 4 amide bonds. The van der Waals surface area contributed by atoms with Crippen molar-refractivity contribution in [3.63, 3.8) is 0 Å². The monoisotopic (exact) mass is 979 g/mol. The molecule has 1 N–H and O–H groups in total. The molecular weight excluding hydrogens is 927 g/mol. The highest BCUT2D eigenvalue weighted by molar-refractivity contribution is 6.33. The molecule has 18 heterocycles. The predicted molar refractivity (Wildman–Crippen MR) is 264 cm³/mol. The van der Waals surface area contributed by atoms with Crippen LogP contribution in [0.25, 0.3) is 10.8 Å². The molecule has 20 bridgehead atoms. The van der Waals surface area contributed by atoms with Crippen LogP contribution in [0, 0.1) is 0 Å². The van der Waals surface area contributed by atoms with Crippen LogP contribution >= 0.6 is 0 Å². The molecule has 16 aliphatic heterocycles. The number of hydrogen-bond donors (Lipinski definition) is 1. The highest BCUT2D eigenvalue weighted by atomic mass is 16.5. The Bertz CT molecular complexity index is 3090. The van der Waals surface area contributed by atoms with Gasteiger partial charge in [0.25, 0.3) is 23.6 Å². The quantitative estimate of drug-likeness (QED) is 0.136. The Morgan fingerprint density at radius 2 is 0.740 bits per heavy atom. The molecule has 0 atom stereocenters. The summed E-state index contributed by atoms with van der Waals surface area (Å²) < 4.78 is 31.4. The molecule has 0 fully saturated rings. The van der Waals surface area contributed by atoms with Gasteiger partial charge in [-0.1, -0.05) is 48.5 Å². The number of benzene rings is 6. The fourth-order valence-corrected chi connectivity index (χ4v) is 9.43. The van der Waals surface area contributed by atoms with Crippen LogP contribution in [-0.4, -0.2) is 66.3 Å². The first kappa shape index (κ1) is 46.7. The van der Waals surface area contributed by atoms with Gasteiger partial charge in [-0.15, -0.1) is 18.7 Å². The number of carbonyl (C=O) groups excluding carboxylic acids is 4. The second kappa shape index (κ2) is 20.2. The van der Waals surface area contributed by atoms with Gasteiger partial charge in [0.15, 0.2) is 25.6 Å². The van der Waals surface area contributed by atoms with Crippen LogP contribution in [0.4, 0.5) is 0 Å². The van der Waals surface area contributed by atoms with E-state index in [9.17, 15) is 19.2 Å². The maximum absolute atomic E-state index is 14.0. The van der Waals surface area contributed by atoms with Gasteiger partial charge in [-0.3, -0.25) is 29.0 Å². The number of imide groups is 2. The van der Waals surface area contributed by atoms with Gasteiger partial charge in [0.2, 0.25) is 11.4 Å². The maximum Gasteiger partial charge on any atom is 0.261 e. The minimum atomic E-state index is -0.471. The summed E-state index contributed by atoms with van der Waals surface area (Å²) in [5.74, 6) is 1.09. The van der Waals surface area contributed by atoms with Crippen molar-refractivity contribution in [3.05, 3.63) is 190 Å². The number of hydrogen-bond acceptors (Lipinski definition) is 11. The molecule has 6 aromatic carbocycles. The van der Waals surface area contributed by atoms with Crippen molar-refractivity contribution < 1.29 is 47.5 Å². The van der Waals surface area contributed by atoms with E-state index in [-0.39, 0.29) is 48.6 Å². The molecule has 0 spiro atoms. The third-order valence-electron chi connectivity index (χ3n) is 13.5. The van der Waals surface area contributed by atoms with Crippen LogP contribution < -0.4 is 33.6 Å². The molecule has 0 aliphatic carbocycles. The Hall–Kier alpha value is -8.70. The molecule has 0 unspecified atom stereocenters. The summed E-state index contributed by atoms with van der Waals surface area (Å²) in [6.45, 7) is 3.97. The molecule has 0 saturated heterocycles. The number of aryl methyl sites for hydroxylation is 4. The largest absolute Gasteiger partial charge is 0.489 e.